The molecule has 1 aliphatic rings. The summed E-state index contributed by atoms with van der Waals surface area (Å²) in [5.74, 6) is 0. The molecule has 1 fully saturated rings. The van der Waals surface area contributed by atoms with E-state index < -0.39 is 0 Å². The lowest BCUT2D eigenvalue weighted by atomic mass is 9.95. The first-order valence-electron chi connectivity index (χ1n) is 7.50. The summed E-state index contributed by atoms with van der Waals surface area (Å²) in [5.41, 5.74) is 1.51. The van der Waals surface area contributed by atoms with E-state index in [9.17, 15) is 0 Å². The van der Waals surface area contributed by atoms with Gasteiger partial charge in [-0.25, -0.2) is 0 Å². The van der Waals surface area contributed by atoms with Crippen molar-refractivity contribution in [3.8, 4) is 0 Å². The SMILES string of the molecule is Cc1cc(C(C)NC2CCCCCCC2)c(C)s1. The Labute approximate surface area is 116 Å². The summed E-state index contributed by atoms with van der Waals surface area (Å²) in [6.45, 7) is 6.79. The topological polar surface area (TPSA) is 12.0 Å². The number of hydrogen-bond acceptors (Lipinski definition) is 2. The predicted octanol–water partition coefficient (Wildman–Crippen LogP) is 5.13. The fourth-order valence-corrected chi connectivity index (χ4v) is 4.17. The third-order valence-corrected chi connectivity index (χ3v) is 5.12. The molecule has 1 unspecified atom stereocenters. The van der Waals surface area contributed by atoms with Crippen LogP contribution in [0.4, 0.5) is 0 Å². The Bertz CT molecular complexity index is 361. The van der Waals surface area contributed by atoms with Crippen LogP contribution in [0, 0.1) is 13.8 Å². The average molecular weight is 265 g/mol. The van der Waals surface area contributed by atoms with Gasteiger partial charge < -0.3 is 5.32 Å². The molecule has 1 aromatic heterocycles. The zero-order valence-corrected chi connectivity index (χ0v) is 12.9. The number of nitrogens with one attached hydrogen (secondary N) is 1. The van der Waals surface area contributed by atoms with E-state index in [0.29, 0.717) is 6.04 Å². The molecule has 0 radical (unpaired) electrons. The molecule has 1 N–H and O–H groups in total. The third-order valence-electron chi connectivity index (χ3n) is 4.14. The highest BCUT2D eigenvalue weighted by Gasteiger charge is 2.17. The van der Waals surface area contributed by atoms with Gasteiger partial charge in [0.15, 0.2) is 0 Å². The highest BCUT2D eigenvalue weighted by Crippen LogP contribution is 2.27. The molecule has 0 bridgehead atoms. The molecule has 1 heterocycles. The van der Waals surface area contributed by atoms with Crippen LogP contribution in [0.1, 0.15) is 73.2 Å². The van der Waals surface area contributed by atoms with Crippen molar-refractivity contribution in [1.29, 1.82) is 0 Å². The molecule has 0 saturated heterocycles. The Morgan fingerprint density at radius 1 is 1.11 bits per heavy atom. The van der Waals surface area contributed by atoms with Crippen molar-refractivity contribution < 1.29 is 0 Å². The summed E-state index contributed by atoms with van der Waals surface area (Å²) in [7, 11) is 0. The molecule has 2 heteroatoms. The zero-order valence-electron chi connectivity index (χ0n) is 12.1. The summed E-state index contributed by atoms with van der Waals surface area (Å²) >= 11 is 1.93. The molecule has 18 heavy (non-hydrogen) atoms. The van der Waals surface area contributed by atoms with Gasteiger partial charge in [0, 0.05) is 21.8 Å². The molecular weight excluding hydrogens is 238 g/mol. The van der Waals surface area contributed by atoms with Gasteiger partial charge in [-0.2, -0.15) is 0 Å². The van der Waals surface area contributed by atoms with E-state index >= 15 is 0 Å². The van der Waals surface area contributed by atoms with E-state index in [4.69, 9.17) is 0 Å². The van der Waals surface area contributed by atoms with Gasteiger partial charge in [0.2, 0.25) is 0 Å². The van der Waals surface area contributed by atoms with Gasteiger partial charge in [-0.1, -0.05) is 32.1 Å². The molecule has 0 spiro atoms. The molecule has 1 aliphatic carbocycles. The van der Waals surface area contributed by atoms with Gasteiger partial charge in [0.05, 0.1) is 0 Å². The molecule has 1 atom stereocenters. The van der Waals surface area contributed by atoms with Crippen molar-refractivity contribution in [3.05, 3.63) is 21.4 Å². The fourth-order valence-electron chi connectivity index (χ4n) is 3.15. The normalized spacial score (nSPS) is 20.4. The lowest BCUT2D eigenvalue weighted by molar-refractivity contribution is 0.362. The highest BCUT2D eigenvalue weighted by atomic mass is 32.1. The number of rotatable bonds is 3. The molecule has 1 saturated carbocycles. The maximum atomic E-state index is 3.86. The van der Waals surface area contributed by atoms with Gasteiger partial charge >= 0.3 is 0 Å². The third kappa shape index (κ3) is 3.83. The Hall–Kier alpha value is -0.340. The van der Waals surface area contributed by atoms with E-state index in [1.807, 2.05) is 11.3 Å². The van der Waals surface area contributed by atoms with Crippen molar-refractivity contribution in [3.63, 3.8) is 0 Å². The summed E-state index contributed by atoms with van der Waals surface area (Å²) in [6.07, 6.45) is 9.87. The molecule has 0 amide bonds. The lowest BCUT2D eigenvalue weighted by Crippen LogP contribution is -2.32. The van der Waals surface area contributed by atoms with Gasteiger partial charge in [0.25, 0.3) is 0 Å². The van der Waals surface area contributed by atoms with Crippen molar-refractivity contribution in [1.82, 2.24) is 5.32 Å². The Kier molecular flexibility index (Phi) is 5.25. The van der Waals surface area contributed by atoms with Crippen molar-refractivity contribution in [2.75, 3.05) is 0 Å². The standard InChI is InChI=1S/C16H27NS/c1-12-11-16(14(3)18-12)13(2)17-15-9-7-5-4-6-8-10-15/h11,13,15,17H,4-10H2,1-3H3. The molecule has 0 aromatic carbocycles. The zero-order chi connectivity index (χ0) is 13.0. The van der Waals surface area contributed by atoms with E-state index in [-0.39, 0.29) is 0 Å². The fraction of sp³-hybridized carbons (Fsp3) is 0.750. The summed E-state index contributed by atoms with van der Waals surface area (Å²) in [5, 5.41) is 3.86. The van der Waals surface area contributed by atoms with Gasteiger partial charge in [-0.3, -0.25) is 0 Å². The smallest absolute Gasteiger partial charge is 0.0305 e. The number of aryl methyl sites for hydroxylation is 2. The molecule has 0 aliphatic heterocycles. The minimum absolute atomic E-state index is 0.513. The molecule has 2 rings (SSSR count). The van der Waals surface area contributed by atoms with Crippen molar-refractivity contribution in [2.45, 2.75) is 77.8 Å². The van der Waals surface area contributed by atoms with Crippen LogP contribution >= 0.6 is 11.3 Å². The minimum Gasteiger partial charge on any atom is -0.307 e. The van der Waals surface area contributed by atoms with E-state index in [2.05, 4.69) is 32.2 Å². The maximum Gasteiger partial charge on any atom is 0.0305 e. The first-order chi connectivity index (χ1) is 8.66. The van der Waals surface area contributed by atoms with Crippen LogP contribution in [0.5, 0.6) is 0 Å². The summed E-state index contributed by atoms with van der Waals surface area (Å²) < 4.78 is 0. The van der Waals surface area contributed by atoms with Crippen LogP contribution in [-0.4, -0.2) is 6.04 Å². The van der Waals surface area contributed by atoms with Gasteiger partial charge in [-0.15, -0.1) is 11.3 Å². The van der Waals surface area contributed by atoms with Crippen LogP contribution in [0.25, 0.3) is 0 Å². The Balaban J connectivity index is 1.92. The van der Waals surface area contributed by atoms with E-state index in [1.54, 1.807) is 0 Å². The monoisotopic (exact) mass is 265 g/mol. The first-order valence-corrected chi connectivity index (χ1v) is 8.31. The minimum atomic E-state index is 0.513. The van der Waals surface area contributed by atoms with Crippen LogP contribution in [0.3, 0.4) is 0 Å². The lowest BCUT2D eigenvalue weighted by Gasteiger charge is -2.25. The van der Waals surface area contributed by atoms with Crippen molar-refractivity contribution >= 4 is 11.3 Å². The van der Waals surface area contributed by atoms with Gasteiger partial charge in [0.1, 0.15) is 0 Å². The van der Waals surface area contributed by atoms with E-state index in [0.717, 1.165) is 6.04 Å². The summed E-state index contributed by atoms with van der Waals surface area (Å²) in [4.78, 5) is 2.92. The first kappa shape index (κ1) is 14.1. The van der Waals surface area contributed by atoms with Crippen LogP contribution in [0.2, 0.25) is 0 Å². The Morgan fingerprint density at radius 3 is 2.28 bits per heavy atom. The summed E-state index contributed by atoms with van der Waals surface area (Å²) in [6, 6.07) is 3.61. The molecule has 1 aromatic rings. The highest BCUT2D eigenvalue weighted by molar-refractivity contribution is 7.12. The second-order valence-electron chi connectivity index (χ2n) is 5.80. The maximum absolute atomic E-state index is 3.86. The number of hydrogen-bond donors (Lipinski definition) is 1. The van der Waals surface area contributed by atoms with Crippen molar-refractivity contribution in [2.24, 2.45) is 0 Å². The predicted molar refractivity (Wildman–Crippen MR) is 81.5 cm³/mol. The molecule has 1 nitrogen and oxygen atoms in total. The van der Waals surface area contributed by atoms with Gasteiger partial charge in [-0.05, 0) is 45.2 Å². The van der Waals surface area contributed by atoms with Crippen LogP contribution in [-0.2, 0) is 0 Å². The largest absolute Gasteiger partial charge is 0.307 e. The second-order valence-corrected chi connectivity index (χ2v) is 7.26. The molecular formula is C16H27NS. The van der Waals surface area contributed by atoms with E-state index in [1.165, 1.54) is 60.3 Å². The Morgan fingerprint density at radius 2 is 1.72 bits per heavy atom. The quantitative estimate of drug-likeness (QED) is 0.799. The van der Waals surface area contributed by atoms with Crippen LogP contribution in [0.15, 0.2) is 6.07 Å². The van der Waals surface area contributed by atoms with Crippen LogP contribution < -0.4 is 5.32 Å². The average Bonchev–Trinajstić information content (AvgIpc) is 2.61. The second kappa shape index (κ2) is 6.72. The molecule has 102 valence electrons. The number of thiophene rings is 1.